The predicted octanol–water partition coefficient (Wildman–Crippen LogP) is 1.50. The maximum absolute atomic E-state index is 11.8. The molecule has 0 radical (unpaired) electrons. The minimum atomic E-state index is -0.0854. The Labute approximate surface area is 135 Å². The van der Waals surface area contributed by atoms with Crippen LogP contribution < -0.4 is 14.8 Å². The predicted molar refractivity (Wildman–Crippen MR) is 85.6 cm³/mol. The van der Waals surface area contributed by atoms with Crippen LogP contribution >= 0.6 is 0 Å². The van der Waals surface area contributed by atoms with E-state index >= 15 is 0 Å². The number of carbonyl (C=O) groups excluding carboxylic acids is 1. The number of aromatic amines is 1. The molecule has 2 N–H and O–H groups in total. The SMILES string of the molecule is CCOc1ccc(CCNC(=O)Cc2ncn[nH]2)cc1OCC. The fourth-order valence-electron chi connectivity index (χ4n) is 2.13. The van der Waals surface area contributed by atoms with Crippen LogP contribution in [0.4, 0.5) is 0 Å². The summed E-state index contributed by atoms with van der Waals surface area (Å²) in [7, 11) is 0. The largest absolute Gasteiger partial charge is 0.490 e. The van der Waals surface area contributed by atoms with Gasteiger partial charge in [0.25, 0.3) is 0 Å². The lowest BCUT2D eigenvalue weighted by Gasteiger charge is -2.12. The third-order valence-electron chi connectivity index (χ3n) is 3.14. The highest BCUT2D eigenvalue weighted by molar-refractivity contribution is 5.77. The number of aromatic nitrogens is 3. The van der Waals surface area contributed by atoms with E-state index in [2.05, 4.69) is 20.5 Å². The third kappa shape index (κ3) is 5.28. The molecule has 0 saturated heterocycles. The van der Waals surface area contributed by atoms with Gasteiger partial charge >= 0.3 is 0 Å². The number of carbonyl (C=O) groups is 1. The topological polar surface area (TPSA) is 89.1 Å². The molecule has 0 aliphatic carbocycles. The number of rotatable bonds is 9. The number of hydrogen-bond acceptors (Lipinski definition) is 5. The van der Waals surface area contributed by atoms with Crippen LogP contribution in [-0.4, -0.2) is 40.8 Å². The highest BCUT2D eigenvalue weighted by atomic mass is 16.5. The van der Waals surface area contributed by atoms with Crippen molar-refractivity contribution in [3.8, 4) is 11.5 Å². The molecule has 7 heteroatoms. The van der Waals surface area contributed by atoms with Crippen molar-refractivity contribution in [3.63, 3.8) is 0 Å². The lowest BCUT2D eigenvalue weighted by molar-refractivity contribution is -0.120. The summed E-state index contributed by atoms with van der Waals surface area (Å²) in [5, 5.41) is 9.24. The summed E-state index contributed by atoms with van der Waals surface area (Å²) in [6.45, 7) is 5.60. The Morgan fingerprint density at radius 2 is 2.00 bits per heavy atom. The Morgan fingerprint density at radius 1 is 1.22 bits per heavy atom. The summed E-state index contributed by atoms with van der Waals surface area (Å²) in [5.41, 5.74) is 1.08. The summed E-state index contributed by atoms with van der Waals surface area (Å²) >= 11 is 0. The van der Waals surface area contributed by atoms with E-state index < -0.39 is 0 Å². The Morgan fingerprint density at radius 3 is 2.70 bits per heavy atom. The monoisotopic (exact) mass is 318 g/mol. The number of benzene rings is 1. The van der Waals surface area contributed by atoms with Crippen LogP contribution in [0.25, 0.3) is 0 Å². The molecule has 0 atom stereocenters. The lowest BCUT2D eigenvalue weighted by Crippen LogP contribution is -2.27. The number of hydrogen-bond donors (Lipinski definition) is 2. The van der Waals surface area contributed by atoms with Crippen molar-refractivity contribution < 1.29 is 14.3 Å². The number of H-pyrrole nitrogens is 1. The van der Waals surface area contributed by atoms with Gasteiger partial charge in [-0.1, -0.05) is 6.07 Å². The highest BCUT2D eigenvalue weighted by Crippen LogP contribution is 2.28. The van der Waals surface area contributed by atoms with Crippen molar-refractivity contribution in [3.05, 3.63) is 35.9 Å². The summed E-state index contributed by atoms with van der Waals surface area (Å²) in [5.74, 6) is 1.95. The van der Waals surface area contributed by atoms with E-state index in [1.807, 2.05) is 32.0 Å². The molecule has 1 aromatic carbocycles. The molecule has 0 saturated carbocycles. The van der Waals surface area contributed by atoms with E-state index in [0.717, 1.165) is 17.1 Å². The van der Waals surface area contributed by atoms with E-state index in [0.29, 0.717) is 32.0 Å². The zero-order chi connectivity index (χ0) is 16.5. The maximum Gasteiger partial charge on any atom is 0.227 e. The Kier molecular flexibility index (Phi) is 6.40. The molecule has 0 spiro atoms. The third-order valence-corrected chi connectivity index (χ3v) is 3.14. The van der Waals surface area contributed by atoms with Gasteiger partial charge in [-0.15, -0.1) is 0 Å². The van der Waals surface area contributed by atoms with Gasteiger partial charge in [-0.25, -0.2) is 4.98 Å². The summed E-state index contributed by atoms with van der Waals surface area (Å²) in [6.07, 6.45) is 2.31. The van der Waals surface area contributed by atoms with Gasteiger partial charge in [0.15, 0.2) is 11.5 Å². The Bertz CT molecular complexity index is 614. The Balaban J connectivity index is 1.85. The van der Waals surface area contributed by atoms with Gasteiger partial charge in [0.05, 0.1) is 19.6 Å². The second kappa shape index (κ2) is 8.77. The quantitative estimate of drug-likeness (QED) is 0.731. The number of nitrogens with zero attached hydrogens (tertiary/aromatic N) is 2. The van der Waals surface area contributed by atoms with Crippen molar-refractivity contribution in [1.82, 2.24) is 20.5 Å². The van der Waals surface area contributed by atoms with Gasteiger partial charge in [-0.05, 0) is 38.0 Å². The van der Waals surface area contributed by atoms with Gasteiger partial charge in [0.2, 0.25) is 5.91 Å². The molecule has 124 valence electrons. The van der Waals surface area contributed by atoms with E-state index in [9.17, 15) is 4.79 Å². The van der Waals surface area contributed by atoms with E-state index in [-0.39, 0.29) is 12.3 Å². The fourth-order valence-corrected chi connectivity index (χ4v) is 2.13. The van der Waals surface area contributed by atoms with Crippen LogP contribution in [0.3, 0.4) is 0 Å². The minimum Gasteiger partial charge on any atom is -0.490 e. The molecule has 0 bridgehead atoms. The van der Waals surface area contributed by atoms with Crippen LogP contribution in [0.1, 0.15) is 25.2 Å². The van der Waals surface area contributed by atoms with Gasteiger partial charge in [-0.3, -0.25) is 9.89 Å². The average Bonchev–Trinajstić information content (AvgIpc) is 3.03. The summed E-state index contributed by atoms with van der Waals surface area (Å²) in [4.78, 5) is 15.7. The van der Waals surface area contributed by atoms with E-state index in [4.69, 9.17) is 9.47 Å². The maximum atomic E-state index is 11.8. The second-order valence-corrected chi connectivity index (χ2v) is 4.86. The molecule has 1 aromatic heterocycles. The minimum absolute atomic E-state index is 0.0854. The molecule has 1 heterocycles. The molecule has 23 heavy (non-hydrogen) atoms. The van der Waals surface area contributed by atoms with Gasteiger partial charge in [0, 0.05) is 6.54 Å². The van der Waals surface area contributed by atoms with Crippen LogP contribution in [0.2, 0.25) is 0 Å². The van der Waals surface area contributed by atoms with Crippen LogP contribution in [0, 0.1) is 0 Å². The van der Waals surface area contributed by atoms with E-state index in [1.54, 1.807) is 0 Å². The smallest absolute Gasteiger partial charge is 0.227 e. The Hall–Kier alpha value is -2.57. The molecule has 2 rings (SSSR count). The highest BCUT2D eigenvalue weighted by Gasteiger charge is 2.08. The molecule has 1 amide bonds. The summed E-state index contributed by atoms with van der Waals surface area (Å²) in [6, 6.07) is 5.84. The molecule has 0 aliphatic rings. The van der Waals surface area contributed by atoms with Gasteiger partial charge < -0.3 is 14.8 Å². The fraction of sp³-hybridized carbons (Fsp3) is 0.438. The molecular formula is C16H22N4O3. The number of amides is 1. The first-order chi connectivity index (χ1) is 11.2. The zero-order valence-electron chi connectivity index (χ0n) is 13.5. The first-order valence-corrected chi connectivity index (χ1v) is 7.72. The lowest BCUT2D eigenvalue weighted by atomic mass is 10.1. The van der Waals surface area contributed by atoms with Gasteiger partial charge in [0.1, 0.15) is 12.2 Å². The van der Waals surface area contributed by atoms with Crippen LogP contribution in [0.15, 0.2) is 24.5 Å². The van der Waals surface area contributed by atoms with Crippen molar-refractivity contribution in [2.24, 2.45) is 0 Å². The second-order valence-electron chi connectivity index (χ2n) is 4.86. The van der Waals surface area contributed by atoms with Gasteiger partial charge in [-0.2, -0.15) is 5.10 Å². The summed E-state index contributed by atoms with van der Waals surface area (Å²) < 4.78 is 11.1. The van der Waals surface area contributed by atoms with Crippen LogP contribution in [0.5, 0.6) is 11.5 Å². The first-order valence-electron chi connectivity index (χ1n) is 7.72. The standard InChI is InChI=1S/C16H22N4O3/c1-3-22-13-6-5-12(9-14(13)23-4-2)7-8-17-16(21)10-15-18-11-19-20-15/h5-6,9,11H,3-4,7-8,10H2,1-2H3,(H,17,21)(H,18,19,20). The zero-order valence-corrected chi connectivity index (χ0v) is 13.5. The number of ether oxygens (including phenoxy) is 2. The van der Waals surface area contributed by atoms with Crippen molar-refractivity contribution in [2.45, 2.75) is 26.7 Å². The van der Waals surface area contributed by atoms with Crippen molar-refractivity contribution in [1.29, 1.82) is 0 Å². The molecular weight excluding hydrogens is 296 g/mol. The molecule has 7 nitrogen and oxygen atoms in total. The van der Waals surface area contributed by atoms with Crippen molar-refractivity contribution in [2.75, 3.05) is 19.8 Å². The molecule has 0 aliphatic heterocycles. The first kappa shape index (κ1) is 16.8. The van der Waals surface area contributed by atoms with Crippen molar-refractivity contribution >= 4 is 5.91 Å². The van der Waals surface area contributed by atoms with E-state index in [1.165, 1.54) is 6.33 Å². The average molecular weight is 318 g/mol. The van der Waals surface area contributed by atoms with Crippen LogP contribution in [-0.2, 0) is 17.6 Å². The molecule has 0 unspecified atom stereocenters. The molecule has 0 fully saturated rings. The molecule has 2 aromatic rings. The normalized spacial score (nSPS) is 10.3. The number of nitrogens with one attached hydrogen (secondary N) is 2.